The highest BCUT2D eigenvalue weighted by molar-refractivity contribution is 9.10. The Balaban J connectivity index is 2.88. The minimum Gasteiger partial charge on any atom is -0.495 e. The molecule has 1 heterocycles. The van der Waals surface area contributed by atoms with Crippen molar-refractivity contribution in [2.75, 3.05) is 7.11 Å². The largest absolute Gasteiger partial charge is 0.495 e. The summed E-state index contributed by atoms with van der Waals surface area (Å²) in [6.45, 7) is 0. The number of nitrogens with zero attached hydrogens (tertiary/aromatic N) is 1. The summed E-state index contributed by atoms with van der Waals surface area (Å²) in [6, 6.07) is 6.04. The van der Waals surface area contributed by atoms with E-state index < -0.39 is 0 Å². The summed E-state index contributed by atoms with van der Waals surface area (Å²) < 4.78 is 8.44. The van der Waals surface area contributed by atoms with Crippen LogP contribution in [-0.4, -0.2) is 11.7 Å². The molecule has 0 saturated carbocycles. The molecular weight excluding hydrogens is 230 g/mol. The van der Waals surface area contributed by atoms with Gasteiger partial charge in [-0.1, -0.05) is 15.9 Å². The maximum atomic E-state index is 5.28. The van der Waals surface area contributed by atoms with Crippen molar-refractivity contribution in [3.63, 3.8) is 0 Å². The summed E-state index contributed by atoms with van der Waals surface area (Å²) in [7, 11) is 3.70. The molecule has 0 fully saturated rings. The van der Waals surface area contributed by atoms with Crippen LogP contribution in [0.4, 0.5) is 0 Å². The first-order chi connectivity index (χ1) is 6.24. The lowest BCUT2D eigenvalue weighted by Crippen LogP contribution is -1.90. The zero-order valence-electron chi connectivity index (χ0n) is 7.54. The lowest BCUT2D eigenvalue weighted by Gasteiger charge is -2.05. The number of halogens is 1. The van der Waals surface area contributed by atoms with Crippen LogP contribution in [0.15, 0.2) is 28.9 Å². The number of rotatable bonds is 1. The molecule has 0 aliphatic rings. The molecule has 0 bridgehead atoms. The van der Waals surface area contributed by atoms with Crippen LogP contribution in [-0.2, 0) is 7.05 Å². The van der Waals surface area contributed by atoms with Gasteiger partial charge in [0.2, 0.25) is 0 Å². The van der Waals surface area contributed by atoms with Crippen molar-refractivity contribution in [2.24, 2.45) is 7.05 Å². The first-order valence-corrected chi connectivity index (χ1v) is 4.81. The molecule has 0 radical (unpaired) electrons. The average molecular weight is 240 g/mol. The number of benzene rings is 1. The number of aryl methyl sites for hydroxylation is 1. The number of aromatic nitrogens is 1. The molecular formula is C10H10BrNO. The van der Waals surface area contributed by atoms with Crippen molar-refractivity contribution in [1.29, 1.82) is 0 Å². The fourth-order valence-corrected chi connectivity index (χ4v) is 1.96. The first kappa shape index (κ1) is 8.63. The van der Waals surface area contributed by atoms with Crippen molar-refractivity contribution < 1.29 is 4.74 Å². The van der Waals surface area contributed by atoms with Gasteiger partial charge < -0.3 is 9.30 Å². The van der Waals surface area contributed by atoms with Crippen LogP contribution < -0.4 is 4.74 Å². The van der Waals surface area contributed by atoms with E-state index in [0.717, 1.165) is 15.7 Å². The van der Waals surface area contributed by atoms with Crippen molar-refractivity contribution in [3.05, 3.63) is 28.9 Å². The molecule has 2 rings (SSSR count). The number of hydrogen-bond donors (Lipinski definition) is 0. The van der Waals surface area contributed by atoms with Gasteiger partial charge in [-0.05, 0) is 18.2 Å². The molecule has 0 aliphatic carbocycles. The smallest absolute Gasteiger partial charge is 0.143 e. The standard InChI is InChI=1S/C10H10BrNO/c1-12-6-5-7-8(11)3-4-9(13-2)10(7)12/h3-6H,1-2H3. The Labute approximate surface area is 85.2 Å². The molecule has 1 aromatic carbocycles. The van der Waals surface area contributed by atoms with E-state index >= 15 is 0 Å². The summed E-state index contributed by atoms with van der Waals surface area (Å²) in [6.07, 6.45) is 2.03. The first-order valence-electron chi connectivity index (χ1n) is 4.01. The van der Waals surface area contributed by atoms with E-state index in [0.29, 0.717) is 0 Å². The predicted molar refractivity (Wildman–Crippen MR) is 57.2 cm³/mol. The number of methoxy groups -OCH3 is 1. The van der Waals surface area contributed by atoms with E-state index in [2.05, 4.69) is 26.6 Å². The Morgan fingerprint density at radius 2 is 2.08 bits per heavy atom. The van der Waals surface area contributed by atoms with Crippen LogP contribution in [0.5, 0.6) is 5.75 Å². The molecule has 2 aromatic rings. The molecule has 1 aromatic heterocycles. The van der Waals surface area contributed by atoms with E-state index in [1.54, 1.807) is 7.11 Å². The molecule has 0 saturated heterocycles. The highest BCUT2D eigenvalue weighted by Gasteiger charge is 2.07. The Hall–Kier alpha value is -0.960. The topological polar surface area (TPSA) is 14.2 Å². The van der Waals surface area contributed by atoms with Gasteiger partial charge in [-0.25, -0.2) is 0 Å². The zero-order valence-corrected chi connectivity index (χ0v) is 9.13. The summed E-state index contributed by atoms with van der Waals surface area (Å²) in [5, 5.41) is 1.18. The van der Waals surface area contributed by atoms with Crippen molar-refractivity contribution in [1.82, 2.24) is 4.57 Å². The van der Waals surface area contributed by atoms with Gasteiger partial charge in [0, 0.05) is 23.1 Å². The number of ether oxygens (including phenoxy) is 1. The Morgan fingerprint density at radius 1 is 1.31 bits per heavy atom. The Bertz CT molecular complexity index is 447. The van der Waals surface area contributed by atoms with Gasteiger partial charge >= 0.3 is 0 Å². The molecule has 68 valence electrons. The predicted octanol–water partition coefficient (Wildman–Crippen LogP) is 2.95. The van der Waals surface area contributed by atoms with Gasteiger partial charge in [0.05, 0.1) is 12.6 Å². The van der Waals surface area contributed by atoms with Crippen molar-refractivity contribution in [3.8, 4) is 5.75 Å². The molecule has 0 spiro atoms. The van der Waals surface area contributed by atoms with E-state index in [-0.39, 0.29) is 0 Å². The van der Waals surface area contributed by atoms with Gasteiger partial charge in [-0.3, -0.25) is 0 Å². The average Bonchev–Trinajstić information content (AvgIpc) is 2.51. The third-order valence-electron chi connectivity index (χ3n) is 2.16. The monoisotopic (exact) mass is 239 g/mol. The number of hydrogen-bond acceptors (Lipinski definition) is 1. The molecule has 2 nitrogen and oxygen atoms in total. The molecule has 13 heavy (non-hydrogen) atoms. The van der Waals surface area contributed by atoms with Gasteiger partial charge in [0.15, 0.2) is 0 Å². The quantitative estimate of drug-likeness (QED) is 0.747. The van der Waals surface area contributed by atoms with E-state index in [1.807, 2.05) is 25.4 Å². The second-order valence-electron chi connectivity index (χ2n) is 2.94. The van der Waals surface area contributed by atoms with Gasteiger partial charge in [-0.15, -0.1) is 0 Å². The van der Waals surface area contributed by atoms with Gasteiger partial charge in [-0.2, -0.15) is 0 Å². The number of fused-ring (bicyclic) bond motifs is 1. The Kier molecular flexibility index (Phi) is 2.04. The van der Waals surface area contributed by atoms with Crippen LogP contribution >= 0.6 is 15.9 Å². The summed E-state index contributed by atoms with van der Waals surface area (Å²) in [5.41, 5.74) is 1.12. The SMILES string of the molecule is COc1ccc(Br)c2ccn(C)c12. The fraction of sp³-hybridized carbons (Fsp3) is 0.200. The van der Waals surface area contributed by atoms with Gasteiger partial charge in [0.25, 0.3) is 0 Å². The summed E-state index contributed by atoms with van der Waals surface area (Å²) in [4.78, 5) is 0. The van der Waals surface area contributed by atoms with Crippen LogP contribution in [0.2, 0.25) is 0 Å². The van der Waals surface area contributed by atoms with Crippen LogP contribution in [0.3, 0.4) is 0 Å². The molecule has 0 aliphatic heterocycles. The van der Waals surface area contributed by atoms with E-state index in [4.69, 9.17) is 4.74 Å². The van der Waals surface area contributed by atoms with Crippen molar-refractivity contribution >= 4 is 26.8 Å². The lowest BCUT2D eigenvalue weighted by atomic mass is 10.2. The summed E-state index contributed by atoms with van der Waals surface area (Å²) >= 11 is 3.50. The second kappa shape index (κ2) is 3.07. The molecule has 3 heteroatoms. The lowest BCUT2D eigenvalue weighted by molar-refractivity contribution is 0.418. The third kappa shape index (κ3) is 1.23. The highest BCUT2D eigenvalue weighted by atomic mass is 79.9. The molecule has 0 amide bonds. The maximum absolute atomic E-state index is 5.28. The van der Waals surface area contributed by atoms with E-state index in [1.165, 1.54) is 5.39 Å². The normalized spacial score (nSPS) is 10.7. The fourth-order valence-electron chi connectivity index (χ4n) is 1.51. The molecule has 0 atom stereocenters. The summed E-state index contributed by atoms with van der Waals surface area (Å²) in [5.74, 6) is 0.908. The van der Waals surface area contributed by atoms with Crippen LogP contribution in [0, 0.1) is 0 Å². The van der Waals surface area contributed by atoms with Crippen LogP contribution in [0.1, 0.15) is 0 Å². The van der Waals surface area contributed by atoms with Crippen LogP contribution in [0.25, 0.3) is 10.9 Å². The highest BCUT2D eigenvalue weighted by Crippen LogP contribution is 2.31. The minimum atomic E-state index is 0.908. The third-order valence-corrected chi connectivity index (χ3v) is 2.86. The molecule has 0 N–H and O–H groups in total. The van der Waals surface area contributed by atoms with Crippen molar-refractivity contribution in [2.45, 2.75) is 0 Å². The second-order valence-corrected chi connectivity index (χ2v) is 3.79. The zero-order chi connectivity index (χ0) is 9.42. The maximum Gasteiger partial charge on any atom is 0.143 e. The minimum absolute atomic E-state index is 0.908. The van der Waals surface area contributed by atoms with E-state index in [9.17, 15) is 0 Å². The van der Waals surface area contributed by atoms with Gasteiger partial charge in [0.1, 0.15) is 5.75 Å². The Morgan fingerprint density at radius 3 is 2.77 bits per heavy atom. The molecule has 0 unspecified atom stereocenters.